The fraction of sp³-hybridized carbons (Fsp3) is 0.923. The first kappa shape index (κ1) is 14.5. The van der Waals surface area contributed by atoms with Crippen molar-refractivity contribution in [3.05, 3.63) is 0 Å². The molecule has 0 radical (unpaired) electrons. The normalized spacial score (nSPS) is 29.0. The van der Waals surface area contributed by atoms with Crippen molar-refractivity contribution in [2.75, 3.05) is 20.1 Å². The lowest BCUT2D eigenvalue weighted by Crippen LogP contribution is -2.48. The van der Waals surface area contributed by atoms with Gasteiger partial charge in [0.05, 0.1) is 5.41 Å². The minimum absolute atomic E-state index is 0.0188. The highest BCUT2D eigenvalue weighted by Gasteiger charge is 2.42. The van der Waals surface area contributed by atoms with E-state index >= 15 is 0 Å². The van der Waals surface area contributed by atoms with Crippen molar-refractivity contribution in [1.29, 1.82) is 0 Å². The van der Waals surface area contributed by atoms with Crippen LogP contribution in [0, 0.1) is 5.41 Å². The van der Waals surface area contributed by atoms with Crippen molar-refractivity contribution in [3.63, 3.8) is 0 Å². The van der Waals surface area contributed by atoms with Crippen molar-refractivity contribution < 1.29 is 4.79 Å². The third-order valence-electron chi connectivity index (χ3n) is 4.18. The third kappa shape index (κ3) is 3.42. The fourth-order valence-corrected chi connectivity index (χ4v) is 2.28. The largest absolute Gasteiger partial charge is 0.354 e. The predicted octanol–water partition coefficient (Wildman–Crippen LogP) is 0.960. The molecule has 3 N–H and O–H groups in total. The van der Waals surface area contributed by atoms with Gasteiger partial charge in [0.1, 0.15) is 0 Å². The first-order valence-corrected chi connectivity index (χ1v) is 6.62. The molecule has 0 aliphatic heterocycles. The van der Waals surface area contributed by atoms with Crippen LogP contribution in [0.3, 0.4) is 0 Å². The zero-order valence-corrected chi connectivity index (χ0v) is 11.6. The third-order valence-corrected chi connectivity index (χ3v) is 4.18. The van der Waals surface area contributed by atoms with Crippen LogP contribution in [0.15, 0.2) is 0 Å². The van der Waals surface area contributed by atoms with Gasteiger partial charge in [-0.1, -0.05) is 6.42 Å². The fourth-order valence-electron chi connectivity index (χ4n) is 2.28. The van der Waals surface area contributed by atoms with E-state index in [4.69, 9.17) is 5.73 Å². The van der Waals surface area contributed by atoms with Crippen LogP contribution in [-0.2, 0) is 4.79 Å². The Morgan fingerprint density at radius 2 is 2.24 bits per heavy atom. The lowest BCUT2D eigenvalue weighted by atomic mass is 9.84. The molecule has 1 rings (SSSR count). The minimum atomic E-state index is -0.351. The van der Waals surface area contributed by atoms with E-state index in [0.29, 0.717) is 12.6 Å². The molecule has 0 bridgehead atoms. The van der Waals surface area contributed by atoms with Gasteiger partial charge in [-0.05, 0) is 40.7 Å². The Hall–Kier alpha value is -0.610. The summed E-state index contributed by atoms with van der Waals surface area (Å²) >= 11 is 0. The van der Waals surface area contributed by atoms with Crippen molar-refractivity contribution >= 4 is 5.91 Å². The second kappa shape index (κ2) is 5.83. The molecule has 1 saturated carbocycles. The lowest BCUT2D eigenvalue weighted by molar-refractivity contribution is -0.130. The second-order valence-corrected chi connectivity index (χ2v) is 5.75. The Labute approximate surface area is 105 Å². The number of rotatable bonds is 5. The number of nitrogens with zero attached hydrogens (tertiary/aromatic N) is 1. The molecule has 4 heteroatoms. The molecular formula is C13H27N3O. The van der Waals surface area contributed by atoms with Crippen LogP contribution in [0.5, 0.6) is 0 Å². The SMILES string of the molecule is CC(C)N(C)CCNC(=O)C1(C)CCCC1N. The highest BCUT2D eigenvalue weighted by atomic mass is 16.2. The van der Waals surface area contributed by atoms with Crippen LogP contribution in [0.2, 0.25) is 0 Å². The van der Waals surface area contributed by atoms with E-state index in [1.54, 1.807) is 0 Å². The zero-order valence-electron chi connectivity index (χ0n) is 11.6. The van der Waals surface area contributed by atoms with Gasteiger partial charge in [0.15, 0.2) is 0 Å². The van der Waals surface area contributed by atoms with Crippen LogP contribution >= 0.6 is 0 Å². The van der Waals surface area contributed by atoms with Gasteiger partial charge in [-0.15, -0.1) is 0 Å². The molecule has 0 heterocycles. The number of nitrogens with two attached hydrogens (primary N) is 1. The molecule has 2 unspecified atom stereocenters. The van der Waals surface area contributed by atoms with E-state index in [0.717, 1.165) is 25.8 Å². The van der Waals surface area contributed by atoms with Gasteiger partial charge in [0.2, 0.25) is 5.91 Å². The summed E-state index contributed by atoms with van der Waals surface area (Å²) in [5, 5.41) is 3.02. The molecule has 1 amide bonds. The second-order valence-electron chi connectivity index (χ2n) is 5.75. The molecule has 4 nitrogen and oxygen atoms in total. The Morgan fingerprint density at radius 1 is 1.59 bits per heavy atom. The summed E-state index contributed by atoms with van der Waals surface area (Å²) < 4.78 is 0. The standard InChI is InChI=1S/C13H27N3O/c1-10(2)16(4)9-8-15-12(17)13(3)7-5-6-11(13)14/h10-11H,5-9,14H2,1-4H3,(H,15,17). The van der Waals surface area contributed by atoms with Crippen molar-refractivity contribution in [2.45, 2.75) is 52.1 Å². The van der Waals surface area contributed by atoms with Crippen molar-refractivity contribution in [2.24, 2.45) is 11.1 Å². The maximum Gasteiger partial charge on any atom is 0.227 e. The van der Waals surface area contributed by atoms with E-state index < -0.39 is 0 Å². The first-order chi connectivity index (χ1) is 7.88. The smallest absolute Gasteiger partial charge is 0.227 e. The quantitative estimate of drug-likeness (QED) is 0.754. The molecule has 2 atom stereocenters. The Morgan fingerprint density at radius 3 is 2.71 bits per heavy atom. The Kier molecular flexibility index (Phi) is 4.95. The van der Waals surface area contributed by atoms with Crippen molar-refractivity contribution in [3.8, 4) is 0 Å². The number of hydrogen-bond donors (Lipinski definition) is 2. The van der Waals surface area contributed by atoms with Crippen molar-refractivity contribution in [1.82, 2.24) is 10.2 Å². The summed E-state index contributed by atoms with van der Waals surface area (Å²) in [6, 6.07) is 0.529. The van der Waals surface area contributed by atoms with Gasteiger partial charge in [-0.3, -0.25) is 4.79 Å². The summed E-state index contributed by atoms with van der Waals surface area (Å²) in [4.78, 5) is 14.3. The molecule has 0 aromatic heterocycles. The highest BCUT2D eigenvalue weighted by Crippen LogP contribution is 2.36. The van der Waals surface area contributed by atoms with Gasteiger partial charge in [0, 0.05) is 25.2 Å². The lowest BCUT2D eigenvalue weighted by Gasteiger charge is -2.28. The molecule has 1 aliphatic rings. The van der Waals surface area contributed by atoms with Crippen LogP contribution in [0.1, 0.15) is 40.0 Å². The van der Waals surface area contributed by atoms with Gasteiger partial charge >= 0.3 is 0 Å². The minimum Gasteiger partial charge on any atom is -0.354 e. The topological polar surface area (TPSA) is 58.4 Å². The number of hydrogen-bond acceptors (Lipinski definition) is 3. The molecule has 1 aliphatic carbocycles. The molecular weight excluding hydrogens is 214 g/mol. The average molecular weight is 241 g/mol. The number of nitrogens with one attached hydrogen (secondary N) is 1. The number of carbonyl (C=O) groups is 1. The van der Waals surface area contributed by atoms with Gasteiger partial charge in [-0.25, -0.2) is 0 Å². The average Bonchev–Trinajstić information content (AvgIpc) is 2.60. The molecule has 100 valence electrons. The summed E-state index contributed by atoms with van der Waals surface area (Å²) in [5.41, 5.74) is 5.67. The Bertz CT molecular complexity index is 267. The molecule has 0 saturated heterocycles. The van der Waals surface area contributed by atoms with E-state index in [9.17, 15) is 4.79 Å². The van der Waals surface area contributed by atoms with Crippen LogP contribution in [0.4, 0.5) is 0 Å². The maximum absolute atomic E-state index is 12.1. The highest BCUT2D eigenvalue weighted by molar-refractivity contribution is 5.83. The first-order valence-electron chi connectivity index (χ1n) is 6.62. The summed E-state index contributed by atoms with van der Waals surface area (Å²) in [7, 11) is 2.07. The van der Waals surface area contributed by atoms with Gasteiger partial charge in [-0.2, -0.15) is 0 Å². The van der Waals surface area contributed by atoms with E-state index in [1.165, 1.54) is 0 Å². The summed E-state index contributed by atoms with van der Waals surface area (Å²) in [5.74, 6) is 0.125. The predicted molar refractivity (Wildman–Crippen MR) is 70.7 cm³/mol. The molecule has 0 aromatic rings. The number of amides is 1. The van der Waals surface area contributed by atoms with Gasteiger partial charge < -0.3 is 16.0 Å². The zero-order chi connectivity index (χ0) is 13.1. The maximum atomic E-state index is 12.1. The molecule has 1 fully saturated rings. The Balaban J connectivity index is 2.35. The van der Waals surface area contributed by atoms with Crippen LogP contribution in [0.25, 0.3) is 0 Å². The van der Waals surface area contributed by atoms with Gasteiger partial charge in [0.25, 0.3) is 0 Å². The van der Waals surface area contributed by atoms with E-state index in [1.807, 2.05) is 6.92 Å². The van der Waals surface area contributed by atoms with Crippen LogP contribution < -0.4 is 11.1 Å². The monoisotopic (exact) mass is 241 g/mol. The summed E-state index contributed by atoms with van der Waals surface area (Å²) in [6.45, 7) is 7.88. The van der Waals surface area contributed by atoms with E-state index in [-0.39, 0.29) is 17.4 Å². The van der Waals surface area contributed by atoms with Crippen LogP contribution in [-0.4, -0.2) is 43.0 Å². The molecule has 0 aromatic carbocycles. The van der Waals surface area contributed by atoms with E-state index in [2.05, 4.69) is 31.1 Å². The summed E-state index contributed by atoms with van der Waals surface area (Å²) in [6.07, 6.45) is 2.95. The molecule has 0 spiro atoms. The molecule has 17 heavy (non-hydrogen) atoms. The number of likely N-dealkylation sites (N-methyl/N-ethyl adjacent to an activating group) is 1. The number of carbonyl (C=O) groups excluding carboxylic acids is 1.